The van der Waals surface area contributed by atoms with Crippen LogP contribution in [0.5, 0.6) is 0 Å². The number of aryl methyl sites for hydroxylation is 1. The number of aromatic nitrogens is 3. The van der Waals surface area contributed by atoms with E-state index in [0.29, 0.717) is 27.6 Å². The van der Waals surface area contributed by atoms with E-state index in [1.807, 2.05) is 37.3 Å². The van der Waals surface area contributed by atoms with Gasteiger partial charge in [-0.25, -0.2) is 9.97 Å². The Morgan fingerprint density at radius 3 is 2.88 bits per heavy atom. The number of oxazole rings is 1. The molecule has 0 atom stereocenters. The Kier molecular flexibility index (Phi) is 3.86. The van der Waals surface area contributed by atoms with Crippen molar-refractivity contribution in [3.63, 3.8) is 0 Å². The van der Waals surface area contributed by atoms with Crippen LogP contribution >= 0.6 is 11.6 Å². The smallest absolute Gasteiger partial charge is 0.261 e. The van der Waals surface area contributed by atoms with Crippen molar-refractivity contribution in [2.45, 2.75) is 13.5 Å². The molecule has 2 aromatic heterocycles. The molecule has 0 aliphatic carbocycles. The van der Waals surface area contributed by atoms with Crippen LogP contribution in [0.25, 0.3) is 22.2 Å². The van der Waals surface area contributed by atoms with Gasteiger partial charge in [-0.15, -0.1) is 0 Å². The molecule has 2 heterocycles. The van der Waals surface area contributed by atoms with E-state index in [1.54, 1.807) is 18.3 Å². The van der Waals surface area contributed by atoms with Crippen molar-refractivity contribution in [1.82, 2.24) is 14.5 Å². The Labute approximate surface area is 148 Å². The number of rotatable bonds is 3. The molecule has 0 aliphatic heterocycles. The molecule has 4 rings (SSSR count). The van der Waals surface area contributed by atoms with Crippen molar-refractivity contribution in [2.24, 2.45) is 0 Å². The van der Waals surface area contributed by atoms with Gasteiger partial charge in [-0.3, -0.25) is 9.36 Å². The first kappa shape index (κ1) is 15.6. The lowest BCUT2D eigenvalue weighted by Crippen LogP contribution is -2.21. The summed E-state index contributed by atoms with van der Waals surface area (Å²) in [5.41, 5.74) is 2.42. The monoisotopic (exact) mass is 351 g/mol. The average Bonchev–Trinajstić information content (AvgIpc) is 3.07. The van der Waals surface area contributed by atoms with Crippen LogP contribution < -0.4 is 5.56 Å². The van der Waals surface area contributed by atoms with Crippen LogP contribution in [-0.4, -0.2) is 14.5 Å². The third-order valence-corrected chi connectivity index (χ3v) is 4.18. The highest BCUT2D eigenvalue weighted by molar-refractivity contribution is 6.30. The van der Waals surface area contributed by atoms with Gasteiger partial charge in [0.15, 0.2) is 5.76 Å². The maximum atomic E-state index is 12.6. The van der Waals surface area contributed by atoms with E-state index in [4.69, 9.17) is 16.0 Å². The van der Waals surface area contributed by atoms with E-state index < -0.39 is 0 Å². The summed E-state index contributed by atoms with van der Waals surface area (Å²) in [7, 11) is 0. The van der Waals surface area contributed by atoms with Crippen LogP contribution in [0, 0.1) is 6.92 Å². The number of hydrogen-bond acceptors (Lipinski definition) is 4. The summed E-state index contributed by atoms with van der Waals surface area (Å²) in [5, 5.41) is 1.21. The minimum absolute atomic E-state index is 0.115. The second kappa shape index (κ2) is 6.18. The topological polar surface area (TPSA) is 60.9 Å². The fourth-order valence-electron chi connectivity index (χ4n) is 2.69. The fraction of sp³-hybridized carbons (Fsp3) is 0.105. The highest BCUT2D eigenvalue weighted by Crippen LogP contribution is 2.23. The molecule has 0 fully saturated rings. The Hall–Kier alpha value is -2.92. The zero-order chi connectivity index (χ0) is 17.4. The molecule has 0 radical (unpaired) electrons. The first-order valence-electron chi connectivity index (χ1n) is 7.76. The molecule has 124 valence electrons. The summed E-state index contributed by atoms with van der Waals surface area (Å²) in [4.78, 5) is 21.2. The largest absolute Gasteiger partial charge is 0.439 e. The Morgan fingerprint density at radius 2 is 2.04 bits per heavy atom. The summed E-state index contributed by atoms with van der Waals surface area (Å²) < 4.78 is 7.26. The molecular formula is C19H14ClN3O2. The van der Waals surface area contributed by atoms with Gasteiger partial charge in [0.1, 0.15) is 6.54 Å². The third kappa shape index (κ3) is 3.06. The van der Waals surface area contributed by atoms with Crippen molar-refractivity contribution < 1.29 is 4.42 Å². The zero-order valence-electron chi connectivity index (χ0n) is 13.4. The Bertz CT molecular complexity index is 1130. The van der Waals surface area contributed by atoms with Gasteiger partial charge in [-0.05, 0) is 31.2 Å². The third-order valence-electron chi connectivity index (χ3n) is 3.95. The van der Waals surface area contributed by atoms with Crippen molar-refractivity contribution in [3.05, 3.63) is 81.8 Å². The van der Waals surface area contributed by atoms with Gasteiger partial charge < -0.3 is 4.42 Å². The summed E-state index contributed by atoms with van der Waals surface area (Å²) in [6, 6.07) is 13.0. The van der Waals surface area contributed by atoms with Gasteiger partial charge in [0.2, 0.25) is 5.89 Å². The van der Waals surface area contributed by atoms with E-state index in [-0.39, 0.29) is 12.1 Å². The van der Waals surface area contributed by atoms with E-state index in [2.05, 4.69) is 9.97 Å². The molecular weight excluding hydrogens is 338 g/mol. The quantitative estimate of drug-likeness (QED) is 0.558. The first-order chi connectivity index (χ1) is 12.1. The molecule has 5 nitrogen and oxygen atoms in total. The summed E-state index contributed by atoms with van der Waals surface area (Å²) >= 11 is 6.00. The van der Waals surface area contributed by atoms with Crippen LogP contribution in [0.4, 0.5) is 0 Å². The maximum absolute atomic E-state index is 12.6. The maximum Gasteiger partial charge on any atom is 0.261 e. The minimum atomic E-state index is -0.115. The lowest BCUT2D eigenvalue weighted by molar-refractivity contribution is 0.484. The van der Waals surface area contributed by atoms with E-state index in [9.17, 15) is 4.79 Å². The lowest BCUT2D eigenvalue weighted by atomic mass is 10.2. The molecule has 0 N–H and O–H groups in total. The number of halogens is 1. The second-order valence-corrected chi connectivity index (χ2v) is 6.26. The fourth-order valence-corrected chi connectivity index (χ4v) is 2.88. The SMILES string of the molecule is Cc1ccc2ncn(Cc3ncc(-c4cccc(Cl)c4)o3)c(=O)c2c1. The molecule has 6 heteroatoms. The van der Waals surface area contributed by atoms with Crippen LogP contribution in [0.15, 0.2) is 64.2 Å². The van der Waals surface area contributed by atoms with Gasteiger partial charge >= 0.3 is 0 Å². The summed E-state index contributed by atoms with van der Waals surface area (Å²) in [6.07, 6.45) is 3.15. The normalized spacial score (nSPS) is 11.1. The summed E-state index contributed by atoms with van der Waals surface area (Å²) in [6.45, 7) is 2.16. The van der Waals surface area contributed by atoms with Crippen LogP contribution in [0.2, 0.25) is 5.02 Å². The molecule has 0 saturated carbocycles. The number of hydrogen-bond donors (Lipinski definition) is 0. The lowest BCUT2D eigenvalue weighted by Gasteiger charge is -2.04. The predicted molar refractivity (Wildman–Crippen MR) is 96.8 cm³/mol. The van der Waals surface area contributed by atoms with Gasteiger partial charge in [0.05, 0.1) is 23.4 Å². The minimum Gasteiger partial charge on any atom is -0.439 e. The van der Waals surface area contributed by atoms with Gasteiger partial charge in [-0.1, -0.05) is 35.4 Å². The van der Waals surface area contributed by atoms with Crippen molar-refractivity contribution in [3.8, 4) is 11.3 Å². The van der Waals surface area contributed by atoms with E-state index >= 15 is 0 Å². The van der Waals surface area contributed by atoms with Crippen LogP contribution in [0.3, 0.4) is 0 Å². The van der Waals surface area contributed by atoms with Gasteiger partial charge in [0.25, 0.3) is 5.56 Å². The zero-order valence-corrected chi connectivity index (χ0v) is 14.2. The standard InChI is InChI=1S/C19H14ClN3O2/c1-12-5-6-16-15(7-12)19(24)23(11-22-16)10-18-21-9-17(25-18)13-3-2-4-14(20)8-13/h2-9,11H,10H2,1H3. The van der Waals surface area contributed by atoms with E-state index in [1.165, 1.54) is 10.9 Å². The van der Waals surface area contributed by atoms with E-state index in [0.717, 1.165) is 11.1 Å². The molecule has 0 spiro atoms. The second-order valence-electron chi connectivity index (χ2n) is 5.83. The molecule has 0 amide bonds. The molecule has 0 aliphatic rings. The number of benzene rings is 2. The highest BCUT2D eigenvalue weighted by atomic mass is 35.5. The predicted octanol–water partition coefficient (Wildman–Crippen LogP) is 4.06. The molecule has 25 heavy (non-hydrogen) atoms. The first-order valence-corrected chi connectivity index (χ1v) is 8.14. The molecule has 4 aromatic rings. The average molecular weight is 352 g/mol. The molecule has 0 saturated heterocycles. The Morgan fingerprint density at radius 1 is 1.16 bits per heavy atom. The van der Waals surface area contributed by atoms with Crippen molar-refractivity contribution in [1.29, 1.82) is 0 Å². The highest BCUT2D eigenvalue weighted by Gasteiger charge is 2.10. The van der Waals surface area contributed by atoms with Crippen molar-refractivity contribution in [2.75, 3.05) is 0 Å². The molecule has 0 bridgehead atoms. The van der Waals surface area contributed by atoms with Gasteiger partial charge in [-0.2, -0.15) is 0 Å². The van der Waals surface area contributed by atoms with Crippen LogP contribution in [-0.2, 0) is 6.54 Å². The number of fused-ring (bicyclic) bond motifs is 1. The van der Waals surface area contributed by atoms with Crippen molar-refractivity contribution >= 4 is 22.5 Å². The summed E-state index contributed by atoms with van der Waals surface area (Å²) in [5.74, 6) is 1.04. The van der Waals surface area contributed by atoms with Crippen LogP contribution in [0.1, 0.15) is 11.5 Å². The molecule has 0 unspecified atom stereocenters. The Balaban J connectivity index is 1.68. The molecule has 2 aromatic carbocycles. The van der Waals surface area contributed by atoms with Gasteiger partial charge in [0, 0.05) is 10.6 Å². The number of nitrogens with zero attached hydrogens (tertiary/aromatic N) is 3.